The molecular formula is C13H14BrFN2O4. The Morgan fingerprint density at radius 2 is 2.00 bits per heavy atom. The zero-order valence-corrected chi connectivity index (χ0v) is 12.7. The van der Waals surface area contributed by atoms with Gasteiger partial charge in [-0.25, -0.2) is 9.18 Å². The Labute approximate surface area is 128 Å². The molecule has 114 valence electrons. The lowest BCUT2D eigenvalue weighted by molar-refractivity contribution is -0.138. The topological polar surface area (TPSA) is 95.5 Å². The van der Waals surface area contributed by atoms with Gasteiger partial charge in [-0.3, -0.25) is 14.9 Å². The molecule has 21 heavy (non-hydrogen) atoms. The normalized spacial score (nSPS) is 11.6. The third kappa shape index (κ3) is 6.35. The Kier molecular flexibility index (Phi) is 6.29. The van der Waals surface area contributed by atoms with E-state index in [1.165, 1.54) is 12.1 Å². The first kappa shape index (κ1) is 17.1. The van der Waals surface area contributed by atoms with Crippen molar-refractivity contribution in [1.82, 2.24) is 5.32 Å². The van der Waals surface area contributed by atoms with Crippen LogP contribution < -0.4 is 10.6 Å². The maximum atomic E-state index is 12.9. The van der Waals surface area contributed by atoms with Gasteiger partial charge < -0.3 is 10.4 Å². The van der Waals surface area contributed by atoms with Crippen molar-refractivity contribution >= 4 is 39.5 Å². The van der Waals surface area contributed by atoms with Crippen molar-refractivity contribution in [2.75, 3.05) is 5.32 Å². The number of carbonyl (C=O) groups excluding carboxylic acids is 2. The summed E-state index contributed by atoms with van der Waals surface area (Å²) in [4.78, 5) is 33.6. The standard InChI is InChI=1S/C13H14BrFN2O4/c1-7(5-12(19)20)4-11(18)17-13(21)16-10-3-2-8(15)6-9(10)14/h2-3,6-7H,4-5H2,1H3,(H,19,20)(H2,16,17,18,21). The highest BCUT2D eigenvalue weighted by molar-refractivity contribution is 9.10. The van der Waals surface area contributed by atoms with Crippen LogP contribution in [0, 0.1) is 11.7 Å². The van der Waals surface area contributed by atoms with E-state index in [9.17, 15) is 18.8 Å². The lowest BCUT2D eigenvalue weighted by Crippen LogP contribution is -2.35. The molecule has 0 saturated heterocycles. The number of carbonyl (C=O) groups is 3. The van der Waals surface area contributed by atoms with Crippen LogP contribution in [0.1, 0.15) is 19.8 Å². The summed E-state index contributed by atoms with van der Waals surface area (Å²) in [6, 6.07) is 2.91. The molecule has 1 aromatic rings. The molecule has 0 aliphatic rings. The van der Waals surface area contributed by atoms with E-state index in [4.69, 9.17) is 5.11 Å². The molecule has 0 spiro atoms. The average molecular weight is 361 g/mol. The number of hydrogen-bond donors (Lipinski definition) is 3. The predicted octanol–water partition coefficient (Wildman–Crippen LogP) is 2.74. The number of nitrogens with one attached hydrogen (secondary N) is 2. The lowest BCUT2D eigenvalue weighted by atomic mass is 10.0. The van der Waals surface area contributed by atoms with Crippen LogP contribution in [0.15, 0.2) is 22.7 Å². The van der Waals surface area contributed by atoms with Crippen LogP contribution in [0.2, 0.25) is 0 Å². The van der Waals surface area contributed by atoms with Crippen molar-refractivity contribution in [2.45, 2.75) is 19.8 Å². The Balaban J connectivity index is 2.49. The average Bonchev–Trinajstić information content (AvgIpc) is 2.31. The predicted molar refractivity (Wildman–Crippen MR) is 77.3 cm³/mol. The van der Waals surface area contributed by atoms with Gasteiger partial charge in [0.15, 0.2) is 0 Å². The molecule has 0 bridgehead atoms. The molecule has 3 N–H and O–H groups in total. The minimum atomic E-state index is -1.00. The van der Waals surface area contributed by atoms with E-state index in [2.05, 4.69) is 26.6 Å². The largest absolute Gasteiger partial charge is 0.481 e. The second kappa shape index (κ2) is 7.72. The molecule has 1 rings (SSSR count). The first-order chi connectivity index (χ1) is 9.77. The van der Waals surface area contributed by atoms with E-state index in [1.807, 2.05) is 0 Å². The molecule has 1 unspecified atom stereocenters. The Bertz CT molecular complexity index is 565. The summed E-state index contributed by atoms with van der Waals surface area (Å²) in [6.45, 7) is 1.60. The van der Waals surface area contributed by atoms with Crippen LogP contribution in [0.5, 0.6) is 0 Å². The fourth-order valence-electron chi connectivity index (χ4n) is 1.61. The minimum absolute atomic E-state index is 0.0791. The van der Waals surface area contributed by atoms with Crippen LogP contribution in [0.25, 0.3) is 0 Å². The van der Waals surface area contributed by atoms with Crippen LogP contribution in [0.4, 0.5) is 14.9 Å². The highest BCUT2D eigenvalue weighted by atomic mass is 79.9. The molecule has 0 heterocycles. The number of rotatable bonds is 5. The fourth-order valence-corrected chi connectivity index (χ4v) is 2.06. The molecule has 0 aromatic heterocycles. The van der Waals surface area contributed by atoms with E-state index < -0.39 is 23.7 Å². The molecule has 0 radical (unpaired) electrons. The number of hydrogen-bond acceptors (Lipinski definition) is 3. The number of benzene rings is 1. The van der Waals surface area contributed by atoms with Crippen LogP contribution in [-0.2, 0) is 9.59 Å². The van der Waals surface area contributed by atoms with Crippen LogP contribution in [0.3, 0.4) is 0 Å². The van der Waals surface area contributed by atoms with Gasteiger partial charge in [-0.2, -0.15) is 0 Å². The van der Waals surface area contributed by atoms with E-state index in [1.54, 1.807) is 6.92 Å². The SMILES string of the molecule is CC(CC(=O)O)CC(=O)NC(=O)Nc1ccc(F)cc1Br. The molecular weight excluding hydrogens is 347 g/mol. The number of carboxylic acids is 1. The summed E-state index contributed by atoms with van der Waals surface area (Å²) < 4.78 is 13.2. The summed E-state index contributed by atoms with van der Waals surface area (Å²) in [5.74, 6) is -2.44. The van der Waals surface area contributed by atoms with Gasteiger partial charge in [0.25, 0.3) is 0 Å². The molecule has 0 aliphatic carbocycles. The van der Waals surface area contributed by atoms with Crippen molar-refractivity contribution in [3.05, 3.63) is 28.5 Å². The van der Waals surface area contributed by atoms with Gasteiger partial charge in [-0.1, -0.05) is 6.92 Å². The maximum Gasteiger partial charge on any atom is 0.325 e. The first-order valence-electron chi connectivity index (χ1n) is 6.05. The lowest BCUT2D eigenvalue weighted by Gasteiger charge is -2.10. The summed E-state index contributed by atoms with van der Waals surface area (Å²) in [5.41, 5.74) is 0.306. The molecule has 8 heteroatoms. The van der Waals surface area contributed by atoms with Crippen LogP contribution >= 0.6 is 15.9 Å². The van der Waals surface area contributed by atoms with E-state index in [0.29, 0.717) is 10.2 Å². The van der Waals surface area contributed by atoms with Gasteiger partial charge in [0, 0.05) is 17.3 Å². The van der Waals surface area contributed by atoms with Gasteiger partial charge in [-0.15, -0.1) is 0 Å². The Morgan fingerprint density at radius 3 is 2.57 bits per heavy atom. The second-order valence-electron chi connectivity index (χ2n) is 4.53. The summed E-state index contributed by atoms with van der Waals surface area (Å²) in [5, 5.41) is 13.0. The van der Waals surface area contributed by atoms with Crippen molar-refractivity contribution in [2.24, 2.45) is 5.92 Å². The number of aliphatic carboxylic acids is 1. The highest BCUT2D eigenvalue weighted by Gasteiger charge is 2.15. The monoisotopic (exact) mass is 360 g/mol. The van der Waals surface area contributed by atoms with Gasteiger partial charge in [0.1, 0.15) is 5.82 Å². The third-order valence-corrected chi connectivity index (χ3v) is 3.15. The van der Waals surface area contributed by atoms with Gasteiger partial charge >= 0.3 is 12.0 Å². The summed E-state index contributed by atoms with van der Waals surface area (Å²) in [7, 11) is 0. The molecule has 0 fully saturated rings. The molecule has 0 saturated carbocycles. The smallest absolute Gasteiger partial charge is 0.325 e. The number of halogens is 2. The molecule has 1 atom stereocenters. The summed E-state index contributed by atoms with van der Waals surface area (Å²) in [6.07, 6.45) is -0.233. The van der Waals surface area contributed by atoms with Gasteiger partial charge in [0.05, 0.1) is 5.69 Å². The highest BCUT2D eigenvalue weighted by Crippen LogP contribution is 2.22. The van der Waals surface area contributed by atoms with Crippen molar-refractivity contribution in [3.8, 4) is 0 Å². The minimum Gasteiger partial charge on any atom is -0.481 e. The number of carboxylic acid groups (broad SMARTS) is 1. The molecule has 6 nitrogen and oxygen atoms in total. The number of imide groups is 1. The van der Waals surface area contributed by atoms with Crippen molar-refractivity contribution < 1.29 is 23.9 Å². The van der Waals surface area contributed by atoms with E-state index in [0.717, 1.165) is 6.07 Å². The molecule has 0 aliphatic heterocycles. The van der Waals surface area contributed by atoms with Crippen LogP contribution in [-0.4, -0.2) is 23.0 Å². The van der Waals surface area contributed by atoms with Crippen molar-refractivity contribution in [3.63, 3.8) is 0 Å². The Morgan fingerprint density at radius 1 is 1.33 bits per heavy atom. The van der Waals surface area contributed by atoms with E-state index in [-0.39, 0.29) is 18.8 Å². The number of urea groups is 1. The third-order valence-electron chi connectivity index (χ3n) is 2.49. The second-order valence-corrected chi connectivity index (χ2v) is 5.39. The molecule has 1 aromatic carbocycles. The zero-order chi connectivity index (χ0) is 16.0. The number of amides is 3. The van der Waals surface area contributed by atoms with Gasteiger partial charge in [0.2, 0.25) is 5.91 Å². The van der Waals surface area contributed by atoms with E-state index >= 15 is 0 Å². The van der Waals surface area contributed by atoms with Gasteiger partial charge in [-0.05, 0) is 40.0 Å². The zero-order valence-electron chi connectivity index (χ0n) is 11.2. The molecule has 3 amide bonds. The number of anilines is 1. The van der Waals surface area contributed by atoms with Crippen molar-refractivity contribution in [1.29, 1.82) is 0 Å². The Hall–Kier alpha value is -1.96. The fraction of sp³-hybridized carbons (Fsp3) is 0.308. The quantitative estimate of drug-likeness (QED) is 0.752. The maximum absolute atomic E-state index is 12.9. The summed E-state index contributed by atoms with van der Waals surface area (Å²) >= 11 is 3.08. The first-order valence-corrected chi connectivity index (χ1v) is 6.85.